The van der Waals surface area contributed by atoms with Gasteiger partial charge < -0.3 is 4.74 Å². The molecule has 2 aromatic heterocycles. The number of aryl methyl sites for hydroxylation is 1. The molecule has 8 nitrogen and oxygen atoms in total. The number of hydrogen-bond donors (Lipinski definition) is 0. The van der Waals surface area contributed by atoms with Gasteiger partial charge in [-0.25, -0.2) is 13.2 Å². The molecule has 0 atom stereocenters. The molecule has 10 heteroatoms. The lowest BCUT2D eigenvalue weighted by atomic mass is 10.4. The Morgan fingerprint density at radius 3 is 2.62 bits per heavy atom. The highest BCUT2D eigenvalue weighted by Crippen LogP contribution is 2.23. The van der Waals surface area contributed by atoms with Gasteiger partial charge in [0.15, 0.2) is 10.8 Å². The fraction of sp³-hybridized carbons (Fsp3) is 0.273. The van der Waals surface area contributed by atoms with Crippen molar-refractivity contribution in [2.75, 3.05) is 6.61 Å². The van der Waals surface area contributed by atoms with Crippen LogP contribution in [0, 0.1) is 6.92 Å². The maximum absolute atomic E-state index is 11.8. The van der Waals surface area contributed by atoms with Crippen LogP contribution >= 0.6 is 10.7 Å². The second-order valence-corrected chi connectivity index (χ2v) is 6.45. The Labute approximate surface area is 125 Å². The van der Waals surface area contributed by atoms with Crippen LogP contribution in [0.4, 0.5) is 0 Å². The zero-order valence-electron chi connectivity index (χ0n) is 11.1. The first-order valence-corrected chi connectivity index (χ1v) is 8.16. The molecule has 2 aromatic rings. The van der Waals surface area contributed by atoms with Crippen LogP contribution in [0.5, 0.6) is 0 Å². The third kappa shape index (κ3) is 3.19. The molecule has 0 unspecified atom stereocenters. The fourth-order valence-electron chi connectivity index (χ4n) is 1.59. The molecular formula is C11H11ClN4O4S. The van der Waals surface area contributed by atoms with Gasteiger partial charge in [0.05, 0.1) is 18.5 Å². The minimum Gasteiger partial charge on any atom is -0.462 e. The summed E-state index contributed by atoms with van der Waals surface area (Å²) in [7, 11) is 1.15. The van der Waals surface area contributed by atoms with E-state index in [9.17, 15) is 13.2 Å². The van der Waals surface area contributed by atoms with Crippen molar-refractivity contribution >= 4 is 25.7 Å². The number of esters is 1. The Morgan fingerprint density at radius 2 is 2.10 bits per heavy atom. The minimum atomic E-state index is -4.24. The quantitative estimate of drug-likeness (QED) is 0.610. The Balaban J connectivity index is 2.63. The largest absolute Gasteiger partial charge is 0.462 e. The second-order valence-electron chi connectivity index (χ2n) is 3.97. The van der Waals surface area contributed by atoms with E-state index in [1.807, 2.05) is 0 Å². The van der Waals surface area contributed by atoms with E-state index in [1.54, 1.807) is 19.9 Å². The summed E-state index contributed by atoms with van der Waals surface area (Å²) in [6.07, 6.45) is 1.06. The molecule has 2 rings (SSSR count). The van der Waals surface area contributed by atoms with Crippen molar-refractivity contribution in [3.05, 3.63) is 29.6 Å². The summed E-state index contributed by atoms with van der Waals surface area (Å²) in [4.78, 5) is 11.8. The average Bonchev–Trinajstić information content (AvgIpc) is 2.84. The number of carbonyl (C=O) groups is 1. The number of carbonyl (C=O) groups excluding carboxylic acids is 1. The number of nitrogens with zero attached hydrogens (tertiary/aromatic N) is 4. The van der Waals surface area contributed by atoms with Gasteiger partial charge in [-0.05, 0) is 26.0 Å². The monoisotopic (exact) mass is 330 g/mol. The van der Waals surface area contributed by atoms with E-state index in [0.717, 1.165) is 10.9 Å². The summed E-state index contributed by atoms with van der Waals surface area (Å²) in [6, 6.07) is 3.13. The molecule has 0 amide bonds. The van der Waals surface area contributed by atoms with Crippen molar-refractivity contribution in [1.29, 1.82) is 0 Å². The van der Waals surface area contributed by atoms with Crippen molar-refractivity contribution in [1.82, 2.24) is 20.0 Å². The first-order valence-electron chi connectivity index (χ1n) is 5.85. The topological polar surface area (TPSA) is 104 Å². The molecule has 0 radical (unpaired) electrons. The summed E-state index contributed by atoms with van der Waals surface area (Å²) in [5.74, 6) is -0.710. The Kier molecular flexibility index (Phi) is 4.24. The molecule has 0 spiro atoms. The lowest BCUT2D eigenvalue weighted by molar-refractivity contribution is 0.0521. The van der Waals surface area contributed by atoms with E-state index in [-0.39, 0.29) is 18.0 Å². The summed E-state index contributed by atoms with van der Waals surface area (Å²) >= 11 is 0. The van der Waals surface area contributed by atoms with E-state index in [0.29, 0.717) is 5.69 Å². The van der Waals surface area contributed by atoms with Crippen LogP contribution in [0.2, 0.25) is 0 Å². The average molecular weight is 331 g/mol. The zero-order valence-corrected chi connectivity index (χ0v) is 12.7. The smallest absolute Gasteiger partial charge is 0.342 e. The molecule has 0 saturated carbocycles. The van der Waals surface area contributed by atoms with E-state index in [1.165, 1.54) is 6.07 Å². The molecule has 0 aliphatic carbocycles. The third-order valence-electron chi connectivity index (χ3n) is 2.45. The molecule has 0 saturated heterocycles. The normalized spacial score (nSPS) is 11.4. The van der Waals surface area contributed by atoms with Gasteiger partial charge in [-0.15, -0.1) is 5.10 Å². The molecule has 0 N–H and O–H groups in total. The number of ether oxygens (including phenoxy) is 1. The maximum Gasteiger partial charge on any atom is 0.342 e. The van der Waals surface area contributed by atoms with Gasteiger partial charge >= 0.3 is 5.97 Å². The lowest BCUT2D eigenvalue weighted by Crippen LogP contribution is -2.12. The third-order valence-corrected chi connectivity index (χ3v) is 3.75. The van der Waals surface area contributed by atoms with Gasteiger partial charge in [0.2, 0.25) is 0 Å². The molecule has 0 aromatic carbocycles. The fourth-order valence-corrected chi connectivity index (χ4v) is 2.78. The van der Waals surface area contributed by atoms with E-state index >= 15 is 0 Å². The molecule has 0 bridgehead atoms. The van der Waals surface area contributed by atoms with Gasteiger partial charge in [0.1, 0.15) is 5.56 Å². The van der Waals surface area contributed by atoms with Crippen molar-refractivity contribution in [3.8, 4) is 5.82 Å². The zero-order chi connectivity index (χ0) is 15.6. The Hall–Kier alpha value is -2.00. The summed E-state index contributed by atoms with van der Waals surface area (Å²) in [6.45, 7) is 3.42. The van der Waals surface area contributed by atoms with Gasteiger partial charge in [-0.2, -0.15) is 14.9 Å². The first-order chi connectivity index (χ1) is 9.84. The van der Waals surface area contributed by atoms with Gasteiger partial charge in [-0.3, -0.25) is 0 Å². The number of aromatic nitrogens is 4. The number of rotatable bonds is 4. The highest BCUT2D eigenvalue weighted by atomic mass is 35.7. The molecule has 2 heterocycles. The summed E-state index contributed by atoms with van der Waals surface area (Å²) in [5.41, 5.74) is 0.390. The van der Waals surface area contributed by atoms with Crippen molar-refractivity contribution < 1.29 is 17.9 Å². The van der Waals surface area contributed by atoms with Crippen LogP contribution in [-0.4, -0.2) is 41.0 Å². The van der Waals surface area contributed by atoms with Crippen LogP contribution in [0.1, 0.15) is 23.0 Å². The Morgan fingerprint density at radius 1 is 1.38 bits per heavy atom. The predicted octanol–water partition coefficient (Wildman–Crippen LogP) is 1.07. The van der Waals surface area contributed by atoms with E-state index < -0.39 is 20.0 Å². The molecule has 0 aliphatic heterocycles. The van der Waals surface area contributed by atoms with E-state index in [4.69, 9.17) is 15.4 Å². The number of hydrogen-bond acceptors (Lipinski definition) is 7. The molecule has 112 valence electrons. The van der Waals surface area contributed by atoms with Crippen molar-refractivity contribution in [2.24, 2.45) is 0 Å². The standard InChI is InChI=1S/C11H11ClN4O4S/c1-3-20-11(17)8-6-13-16(10(8)21(12,18)19)9-5-4-7(2)14-15-9/h4-6H,3H2,1-2H3. The van der Waals surface area contributed by atoms with Crippen LogP contribution < -0.4 is 0 Å². The molecule has 21 heavy (non-hydrogen) atoms. The number of halogens is 1. The second kappa shape index (κ2) is 5.78. The van der Waals surface area contributed by atoms with E-state index in [2.05, 4.69) is 15.3 Å². The summed E-state index contributed by atoms with van der Waals surface area (Å²) in [5, 5.41) is 11.0. The minimum absolute atomic E-state index is 0.0934. The lowest BCUT2D eigenvalue weighted by Gasteiger charge is -2.05. The summed E-state index contributed by atoms with van der Waals surface area (Å²) < 4.78 is 29.2. The van der Waals surface area contributed by atoms with Crippen molar-refractivity contribution in [3.63, 3.8) is 0 Å². The van der Waals surface area contributed by atoms with Crippen LogP contribution in [0.3, 0.4) is 0 Å². The molecule has 0 fully saturated rings. The van der Waals surface area contributed by atoms with Crippen molar-refractivity contribution in [2.45, 2.75) is 18.9 Å². The Bertz CT molecular complexity index is 770. The van der Waals surface area contributed by atoms with Gasteiger partial charge in [-0.1, -0.05) is 0 Å². The van der Waals surface area contributed by atoms with Crippen LogP contribution in [0.15, 0.2) is 23.4 Å². The molecular weight excluding hydrogens is 320 g/mol. The first kappa shape index (κ1) is 15.4. The van der Waals surface area contributed by atoms with Crippen LogP contribution in [-0.2, 0) is 13.8 Å². The highest BCUT2D eigenvalue weighted by molar-refractivity contribution is 8.13. The van der Waals surface area contributed by atoms with Gasteiger partial charge in [0, 0.05) is 10.7 Å². The predicted molar refractivity (Wildman–Crippen MR) is 72.9 cm³/mol. The van der Waals surface area contributed by atoms with Gasteiger partial charge in [0.25, 0.3) is 9.05 Å². The SMILES string of the molecule is CCOC(=O)c1cnn(-c2ccc(C)nn2)c1S(=O)(=O)Cl. The molecule has 0 aliphatic rings. The maximum atomic E-state index is 11.8. The van der Waals surface area contributed by atoms with Crippen LogP contribution in [0.25, 0.3) is 5.82 Å². The highest BCUT2D eigenvalue weighted by Gasteiger charge is 2.29.